The largest absolute Gasteiger partial charge is 0.462 e. The molecule has 0 aliphatic rings. The lowest BCUT2D eigenvalue weighted by Gasteiger charge is -2.34. The molecule has 0 amide bonds. The van der Waals surface area contributed by atoms with Crippen molar-refractivity contribution >= 4 is 11.9 Å². The van der Waals surface area contributed by atoms with E-state index in [-0.39, 0.29) is 32.1 Å². The van der Waals surface area contributed by atoms with Crippen molar-refractivity contribution in [3.05, 3.63) is 120 Å². The second-order valence-electron chi connectivity index (χ2n) is 9.18. The highest BCUT2D eigenvalue weighted by Gasteiger charge is 2.49. The van der Waals surface area contributed by atoms with Crippen LogP contribution in [0.25, 0.3) is 11.1 Å². The summed E-state index contributed by atoms with van der Waals surface area (Å²) in [4.78, 5) is 27.8. The predicted molar refractivity (Wildman–Crippen MR) is 158 cm³/mol. The lowest BCUT2D eigenvalue weighted by molar-refractivity contribution is -0.255. The minimum Gasteiger partial charge on any atom is -0.462 e. The molecular formula is C34H37NO6. The molecule has 1 aromatic heterocycles. The molecule has 7 nitrogen and oxygen atoms in total. The predicted octanol–water partition coefficient (Wildman–Crippen LogP) is 6.76. The highest BCUT2D eigenvalue weighted by atomic mass is 16.7. The van der Waals surface area contributed by atoms with Gasteiger partial charge in [-0.15, -0.1) is 0 Å². The summed E-state index contributed by atoms with van der Waals surface area (Å²) in [6.07, 6.45) is 0. The summed E-state index contributed by atoms with van der Waals surface area (Å²) < 4.78 is 25.4. The molecule has 7 heteroatoms. The van der Waals surface area contributed by atoms with E-state index in [1.54, 1.807) is 33.8 Å². The topological polar surface area (TPSA) is 76.0 Å². The smallest absolute Gasteiger partial charge is 0.373 e. The van der Waals surface area contributed by atoms with E-state index in [4.69, 9.17) is 18.9 Å². The zero-order valence-corrected chi connectivity index (χ0v) is 24.0. The van der Waals surface area contributed by atoms with Gasteiger partial charge >= 0.3 is 17.7 Å². The van der Waals surface area contributed by atoms with E-state index in [0.717, 1.165) is 16.7 Å². The molecule has 0 aliphatic heterocycles. The molecule has 0 saturated carbocycles. The quantitative estimate of drug-likeness (QED) is 0.134. The van der Waals surface area contributed by atoms with Crippen molar-refractivity contribution in [2.45, 2.75) is 39.5 Å². The molecule has 1 heterocycles. The number of carbonyl (C=O) groups is 2. The van der Waals surface area contributed by atoms with Gasteiger partial charge in [0.2, 0.25) is 0 Å². The van der Waals surface area contributed by atoms with Crippen molar-refractivity contribution in [2.24, 2.45) is 0 Å². The monoisotopic (exact) mass is 555 g/mol. The second kappa shape index (κ2) is 13.9. The highest BCUT2D eigenvalue weighted by Crippen LogP contribution is 2.42. The first-order valence-electron chi connectivity index (χ1n) is 14.1. The summed E-state index contributed by atoms with van der Waals surface area (Å²) in [5, 5.41) is 0. The molecule has 0 N–H and O–H groups in total. The summed E-state index contributed by atoms with van der Waals surface area (Å²) in [5.41, 5.74) is 3.77. The minimum atomic E-state index is -1.95. The first-order chi connectivity index (χ1) is 20.0. The van der Waals surface area contributed by atoms with Crippen molar-refractivity contribution in [3.63, 3.8) is 0 Å². The van der Waals surface area contributed by atoms with Gasteiger partial charge in [-0.3, -0.25) is 0 Å². The average Bonchev–Trinajstić information content (AvgIpc) is 3.39. The summed E-state index contributed by atoms with van der Waals surface area (Å²) >= 11 is 0. The standard InChI is InChI=1S/C34H37NO6/c1-5-38-32(36)31-28(25-18-12-9-13-19-25)24-29(34(40-7-3,41-8-4)33(37)39-6-2)35(31)30(26-20-14-10-15-21-26)27-22-16-11-17-23-27/h9-24,30H,5-8H2,1-4H3. The van der Waals surface area contributed by atoms with Crippen LogP contribution in [-0.4, -0.2) is 42.9 Å². The number of benzene rings is 3. The Morgan fingerprint density at radius 2 is 1.17 bits per heavy atom. The Kier molecular flexibility index (Phi) is 10.1. The van der Waals surface area contributed by atoms with Gasteiger partial charge in [-0.2, -0.15) is 0 Å². The summed E-state index contributed by atoms with van der Waals surface area (Å²) in [7, 11) is 0. The van der Waals surface area contributed by atoms with E-state index < -0.39 is 23.8 Å². The van der Waals surface area contributed by atoms with Crippen LogP contribution in [-0.2, 0) is 29.5 Å². The highest BCUT2D eigenvalue weighted by molar-refractivity contribution is 5.97. The second-order valence-corrected chi connectivity index (χ2v) is 9.18. The lowest BCUT2D eigenvalue weighted by atomic mass is 9.97. The molecule has 4 aromatic rings. The van der Waals surface area contributed by atoms with Gasteiger partial charge < -0.3 is 23.5 Å². The van der Waals surface area contributed by atoms with Crippen molar-refractivity contribution in [3.8, 4) is 11.1 Å². The van der Waals surface area contributed by atoms with E-state index in [1.165, 1.54) is 0 Å². The van der Waals surface area contributed by atoms with Gasteiger partial charge in [0, 0.05) is 18.8 Å². The van der Waals surface area contributed by atoms with Crippen LogP contribution in [0.2, 0.25) is 0 Å². The fraction of sp³-hybridized carbons (Fsp3) is 0.294. The molecular weight excluding hydrogens is 518 g/mol. The third kappa shape index (κ3) is 6.11. The first kappa shape index (κ1) is 29.8. The number of ether oxygens (including phenoxy) is 4. The van der Waals surface area contributed by atoms with Crippen molar-refractivity contribution in [2.75, 3.05) is 26.4 Å². The number of carbonyl (C=O) groups excluding carboxylic acids is 2. The number of hydrogen-bond donors (Lipinski definition) is 0. The fourth-order valence-corrected chi connectivity index (χ4v) is 5.10. The van der Waals surface area contributed by atoms with E-state index in [1.807, 2.05) is 95.6 Å². The first-order valence-corrected chi connectivity index (χ1v) is 14.1. The van der Waals surface area contributed by atoms with E-state index in [0.29, 0.717) is 11.3 Å². The summed E-state index contributed by atoms with van der Waals surface area (Å²) in [5.74, 6) is -3.17. The molecule has 0 saturated heterocycles. The normalized spacial score (nSPS) is 11.4. The number of aromatic nitrogens is 1. The summed E-state index contributed by atoms with van der Waals surface area (Å²) in [6.45, 7) is 7.68. The third-order valence-corrected chi connectivity index (χ3v) is 6.66. The Morgan fingerprint density at radius 1 is 0.683 bits per heavy atom. The van der Waals surface area contributed by atoms with Gasteiger partial charge in [0.1, 0.15) is 5.69 Å². The van der Waals surface area contributed by atoms with Gasteiger partial charge in [0.25, 0.3) is 0 Å². The van der Waals surface area contributed by atoms with E-state index in [2.05, 4.69) is 0 Å². The van der Waals surface area contributed by atoms with Crippen molar-refractivity contribution < 1.29 is 28.5 Å². The molecule has 0 aliphatic carbocycles. The van der Waals surface area contributed by atoms with Crippen molar-refractivity contribution in [1.82, 2.24) is 4.57 Å². The van der Waals surface area contributed by atoms with Gasteiger partial charge in [-0.1, -0.05) is 91.0 Å². The number of rotatable bonds is 13. The maximum atomic E-state index is 13.9. The Hall–Kier alpha value is -4.20. The van der Waals surface area contributed by atoms with Crippen molar-refractivity contribution in [1.29, 1.82) is 0 Å². The van der Waals surface area contributed by atoms with Gasteiger partial charge in [-0.25, -0.2) is 9.59 Å². The van der Waals surface area contributed by atoms with Crippen LogP contribution in [0.15, 0.2) is 97.1 Å². The average molecular weight is 556 g/mol. The van der Waals surface area contributed by atoms with Crippen LogP contribution in [0, 0.1) is 0 Å². The van der Waals surface area contributed by atoms with Crippen LogP contribution in [0.5, 0.6) is 0 Å². The van der Waals surface area contributed by atoms with Gasteiger partial charge in [0.15, 0.2) is 0 Å². The fourth-order valence-electron chi connectivity index (χ4n) is 5.10. The van der Waals surface area contributed by atoms with Crippen LogP contribution < -0.4 is 0 Å². The third-order valence-electron chi connectivity index (χ3n) is 6.66. The molecule has 0 spiro atoms. The van der Waals surface area contributed by atoms with Gasteiger partial charge in [0.05, 0.1) is 24.9 Å². The molecule has 0 bridgehead atoms. The maximum Gasteiger partial charge on any atom is 0.373 e. The molecule has 0 atom stereocenters. The van der Waals surface area contributed by atoms with Gasteiger partial charge in [-0.05, 0) is 50.5 Å². The minimum absolute atomic E-state index is 0.124. The van der Waals surface area contributed by atoms with Crippen LogP contribution >= 0.6 is 0 Å². The van der Waals surface area contributed by atoms with E-state index in [9.17, 15) is 9.59 Å². The zero-order chi connectivity index (χ0) is 29.2. The van der Waals surface area contributed by atoms with Crippen LogP contribution in [0.1, 0.15) is 61.0 Å². The Balaban J connectivity index is 2.21. The van der Waals surface area contributed by atoms with Crippen LogP contribution in [0.4, 0.5) is 0 Å². The molecule has 41 heavy (non-hydrogen) atoms. The SMILES string of the molecule is CCOC(=O)c1c(-c2ccccc2)cc(C(OCC)(OCC)C(=O)OCC)n1C(c1ccccc1)c1ccccc1. The molecule has 4 rings (SSSR count). The number of nitrogens with zero attached hydrogens (tertiary/aromatic N) is 1. The maximum absolute atomic E-state index is 13.9. The lowest BCUT2D eigenvalue weighted by Crippen LogP contribution is -2.45. The molecule has 0 fully saturated rings. The molecule has 214 valence electrons. The molecule has 3 aromatic carbocycles. The zero-order valence-electron chi connectivity index (χ0n) is 24.0. The Labute approximate surface area is 241 Å². The molecule has 0 unspecified atom stereocenters. The number of hydrogen-bond acceptors (Lipinski definition) is 6. The summed E-state index contributed by atoms with van der Waals surface area (Å²) in [6, 6.07) is 30.4. The molecule has 0 radical (unpaired) electrons. The number of esters is 2. The van der Waals surface area contributed by atoms with E-state index >= 15 is 0 Å². The van der Waals surface area contributed by atoms with Crippen LogP contribution in [0.3, 0.4) is 0 Å². The Morgan fingerprint density at radius 3 is 1.63 bits per heavy atom. The Bertz CT molecular complexity index is 1370.